The van der Waals surface area contributed by atoms with Crippen LogP contribution in [-0.4, -0.2) is 8.41 Å². The first-order valence-corrected chi connectivity index (χ1v) is 5.86. The van der Waals surface area contributed by atoms with Crippen molar-refractivity contribution >= 4 is 61.2 Å². The predicted octanol–water partition coefficient (Wildman–Crippen LogP) is 2.99. The smallest absolute Gasteiger partial charge is 0.0885 e. The molecule has 12 heavy (non-hydrogen) atoms. The lowest BCUT2D eigenvalue weighted by Gasteiger charge is -1.71. The Hall–Kier alpha value is -0.315. The monoisotopic (exact) mass is 210 g/mol. The molecule has 0 bridgehead atoms. The van der Waals surface area contributed by atoms with Crippen LogP contribution in [0.1, 0.15) is 0 Å². The van der Waals surface area contributed by atoms with E-state index in [2.05, 4.69) is 22.9 Å². The summed E-state index contributed by atoms with van der Waals surface area (Å²) in [5.74, 6) is 0. The highest BCUT2D eigenvalue weighted by molar-refractivity contribution is 7.43. The van der Waals surface area contributed by atoms with Crippen molar-refractivity contribution in [3.63, 3.8) is 0 Å². The molecule has 0 aliphatic rings. The molecule has 0 saturated carbocycles. The number of fused-ring (bicyclic) bond motifs is 3. The lowest BCUT2D eigenvalue weighted by molar-refractivity contribution is 2.22. The van der Waals surface area contributed by atoms with Crippen molar-refractivity contribution in [3.05, 3.63) is 22.9 Å². The molecule has 0 aromatic carbocycles. The molecule has 0 amide bonds. The quantitative estimate of drug-likeness (QED) is 0.500. The normalized spacial score (nSPS) is 10.7. The molecule has 0 aliphatic carbocycles. The highest BCUT2D eigenvalue weighted by Gasteiger charge is 2.05. The molecule has 0 fully saturated rings. The van der Waals surface area contributed by atoms with E-state index in [0.717, 1.165) is 0 Å². The van der Waals surface area contributed by atoms with Crippen molar-refractivity contribution < 1.29 is 0 Å². The summed E-state index contributed by atoms with van der Waals surface area (Å²) in [5, 5.41) is 5.78. The lowest BCUT2D eigenvalue weighted by atomic mass is 10.4. The second kappa shape index (κ2) is 2.87. The molecule has 60 valence electrons. The van der Waals surface area contributed by atoms with Crippen LogP contribution >= 0.6 is 34.0 Å². The first kappa shape index (κ1) is 8.29. The van der Waals surface area contributed by atoms with Gasteiger partial charge in [-0.2, -0.15) is 0 Å². The van der Waals surface area contributed by atoms with Gasteiger partial charge in [0.15, 0.2) is 0 Å². The zero-order valence-electron chi connectivity index (χ0n) is 5.53. The second-order valence-corrected chi connectivity index (χ2v) is 5.48. The number of hydrogen-bond acceptors (Lipinski definition) is 3. The van der Waals surface area contributed by atoms with Gasteiger partial charge in [0.05, 0.1) is 17.1 Å². The summed E-state index contributed by atoms with van der Waals surface area (Å²) in [6.07, 6.45) is 0. The maximum atomic E-state index is 2.22. The summed E-state index contributed by atoms with van der Waals surface area (Å²) in [6.45, 7) is 0. The van der Waals surface area contributed by atoms with Gasteiger partial charge in [0.1, 0.15) is 0 Å². The molecule has 0 saturated heterocycles. The van der Waals surface area contributed by atoms with E-state index in [1.165, 1.54) is 18.8 Å². The molecule has 0 atom stereocenters. The van der Waals surface area contributed by atoms with E-state index in [9.17, 15) is 0 Å². The molecule has 3 rings (SSSR count). The molecule has 3 aromatic rings. The van der Waals surface area contributed by atoms with Crippen LogP contribution in [0, 0.1) is 0 Å². The van der Waals surface area contributed by atoms with E-state index >= 15 is 0 Å². The minimum atomic E-state index is 0. The summed E-state index contributed by atoms with van der Waals surface area (Å²) in [4.78, 5) is 0. The first-order chi connectivity index (χ1) is 5.45. The van der Waals surface area contributed by atoms with Crippen LogP contribution in [0.4, 0.5) is 0 Å². The molecule has 0 aliphatic heterocycles. The summed E-state index contributed by atoms with van der Waals surface area (Å²) < 4.78 is 4.37. The SMILES string of the molecule is B.c1cc2c(s1)sc1ccsc12. The Balaban J connectivity index is 0.000000563. The summed E-state index contributed by atoms with van der Waals surface area (Å²) >= 11 is 5.59. The van der Waals surface area contributed by atoms with E-state index < -0.39 is 0 Å². The van der Waals surface area contributed by atoms with Crippen LogP contribution in [0.5, 0.6) is 0 Å². The van der Waals surface area contributed by atoms with Gasteiger partial charge in [0, 0.05) is 10.1 Å². The third-order valence-corrected chi connectivity index (χ3v) is 4.99. The van der Waals surface area contributed by atoms with Crippen molar-refractivity contribution in [1.29, 1.82) is 0 Å². The van der Waals surface area contributed by atoms with Gasteiger partial charge < -0.3 is 0 Å². The summed E-state index contributed by atoms with van der Waals surface area (Å²) in [6, 6.07) is 4.42. The Labute approximate surface area is 84.0 Å². The fourth-order valence-electron chi connectivity index (χ4n) is 1.22. The Kier molecular flexibility index (Phi) is 1.98. The largest absolute Gasteiger partial charge is 0.142 e. The van der Waals surface area contributed by atoms with Gasteiger partial charge in [-0.15, -0.1) is 34.0 Å². The minimum absolute atomic E-state index is 0. The van der Waals surface area contributed by atoms with Crippen molar-refractivity contribution in [2.45, 2.75) is 0 Å². The Morgan fingerprint density at radius 1 is 1.00 bits per heavy atom. The zero-order chi connectivity index (χ0) is 7.26. The topological polar surface area (TPSA) is 0 Å². The van der Waals surface area contributed by atoms with Gasteiger partial charge in [-0.3, -0.25) is 0 Å². The van der Waals surface area contributed by atoms with Gasteiger partial charge in [-0.1, -0.05) is 0 Å². The molecule has 0 unspecified atom stereocenters. The van der Waals surface area contributed by atoms with Gasteiger partial charge in [0.2, 0.25) is 0 Å². The van der Waals surface area contributed by atoms with Crippen molar-refractivity contribution in [1.82, 2.24) is 0 Å². The third-order valence-electron chi connectivity index (χ3n) is 1.71. The average molecular weight is 210 g/mol. The van der Waals surface area contributed by atoms with E-state index in [1.54, 1.807) is 0 Å². The van der Waals surface area contributed by atoms with E-state index in [-0.39, 0.29) is 8.41 Å². The predicted molar refractivity (Wildman–Crippen MR) is 65.0 cm³/mol. The lowest BCUT2D eigenvalue weighted by Crippen LogP contribution is -1.43. The van der Waals surface area contributed by atoms with E-state index in [4.69, 9.17) is 0 Å². The number of thiophene rings is 3. The van der Waals surface area contributed by atoms with Gasteiger partial charge >= 0.3 is 0 Å². The minimum Gasteiger partial charge on any atom is -0.142 e. The highest BCUT2D eigenvalue weighted by Crippen LogP contribution is 2.39. The van der Waals surface area contributed by atoms with Crippen LogP contribution in [0.3, 0.4) is 0 Å². The third kappa shape index (κ3) is 0.953. The van der Waals surface area contributed by atoms with Gasteiger partial charge in [-0.25, -0.2) is 0 Å². The Bertz CT molecular complexity index is 457. The van der Waals surface area contributed by atoms with Crippen LogP contribution < -0.4 is 0 Å². The fourth-order valence-corrected chi connectivity index (χ4v) is 4.59. The van der Waals surface area contributed by atoms with E-state index in [0.29, 0.717) is 0 Å². The standard InChI is InChI=1S/C8H4S3.BH3/c1-3-10-8-5(1)7-6(11-8)2-4-9-7;/h1-4H;1H3. The van der Waals surface area contributed by atoms with Crippen molar-refractivity contribution in [3.8, 4) is 0 Å². The van der Waals surface area contributed by atoms with Gasteiger partial charge in [-0.05, 0) is 22.9 Å². The molecule has 3 aromatic heterocycles. The second-order valence-electron chi connectivity index (χ2n) is 2.34. The van der Waals surface area contributed by atoms with Gasteiger partial charge in [0.25, 0.3) is 0 Å². The average Bonchev–Trinajstić information content (AvgIpc) is 2.52. The molecular weight excluding hydrogens is 203 g/mol. The molecule has 3 heterocycles. The van der Waals surface area contributed by atoms with Crippen LogP contribution in [-0.2, 0) is 0 Å². The van der Waals surface area contributed by atoms with Crippen LogP contribution in [0.15, 0.2) is 22.9 Å². The number of rotatable bonds is 0. The Morgan fingerprint density at radius 2 is 1.83 bits per heavy atom. The molecule has 0 nitrogen and oxygen atoms in total. The molecule has 0 spiro atoms. The molecule has 0 radical (unpaired) electrons. The van der Waals surface area contributed by atoms with Crippen molar-refractivity contribution in [2.75, 3.05) is 0 Å². The van der Waals surface area contributed by atoms with Crippen LogP contribution in [0.2, 0.25) is 0 Å². The highest BCUT2D eigenvalue weighted by atomic mass is 32.2. The molecule has 0 N–H and O–H groups in total. The number of hydrogen-bond donors (Lipinski definition) is 0. The maximum absolute atomic E-state index is 2.22. The van der Waals surface area contributed by atoms with Crippen LogP contribution in [0.25, 0.3) is 18.8 Å². The Morgan fingerprint density at radius 3 is 2.75 bits per heavy atom. The van der Waals surface area contributed by atoms with E-state index in [1.807, 2.05) is 34.0 Å². The summed E-state index contributed by atoms with van der Waals surface area (Å²) in [5.41, 5.74) is 0. The maximum Gasteiger partial charge on any atom is 0.0885 e. The molecule has 4 heteroatoms. The van der Waals surface area contributed by atoms with Crippen molar-refractivity contribution in [2.24, 2.45) is 0 Å². The first-order valence-electron chi connectivity index (χ1n) is 3.28. The fraction of sp³-hybridized carbons (Fsp3) is 0. The molecular formula is C8H7BS3. The summed E-state index contributed by atoms with van der Waals surface area (Å²) in [7, 11) is 0. The zero-order valence-corrected chi connectivity index (χ0v) is 7.98.